The monoisotopic (exact) mass is 320 g/mol. The van der Waals surface area contributed by atoms with Crippen molar-refractivity contribution in [1.29, 1.82) is 0 Å². The van der Waals surface area contributed by atoms with Crippen molar-refractivity contribution in [2.24, 2.45) is 7.05 Å². The Kier molecular flexibility index (Phi) is 2.90. The maximum atomic E-state index is 12.1. The fraction of sp³-hybridized carbons (Fsp3) is 0.167. The van der Waals surface area contributed by atoms with Crippen molar-refractivity contribution in [1.82, 2.24) is 20.2 Å². The van der Waals surface area contributed by atoms with Crippen LogP contribution in [0.15, 0.2) is 33.2 Å². The number of benzene rings is 1. The van der Waals surface area contributed by atoms with Crippen LogP contribution in [0.3, 0.4) is 0 Å². The van der Waals surface area contributed by atoms with E-state index >= 15 is 0 Å². The number of aryl methyl sites for hydroxylation is 1. The number of fused-ring (bicyclic) bond motifs is 1. The van der Waals surface area contributed by atoms with Gasteiger partial charge in [-0.25, -0.2) is 0 Å². The molecule has 1 aromatic carbocycles. The lowest BCUT2D eigenvalue weighted by Crippen LogP contribution is -2.04. The Morgan fingerprint density at radius 3 is 3.00 bits per heavy atom. The number of hydrogen-bond acceptors (Lipinski definition) is 5. The molecule has 0 aliphatic carbocycles. The van der Waals surface area contributed by atoms with Crippen LogP contribution in [0.5, 0.6) is 0 Å². The van der Waals surface area contributed by atoms with Gasteiger partial charge in [-0.1, -0.05) is 12.1 Å². The second kappa shape index (κ2) is 4.58. The first-order valence-corrected chi connectivity index (χ1v) is 6.37. The Morgan fingerprint density at radius 2 is 2.32 bits per heavy atom. The second-order valence-corrected chi connectivity index (χ2v) is 4.92. The molecule has 7 heteroatoms. The molecule has 3 aromatic rings. The molecule has 0 aliphatic heterocycles. The number of aromatic nitrogens is 4. The highest BCUT2D eigenvalue weighted by molar-refractivity contribution is 9.10. The molecule has 19 heavy (non-hydrogen) atoms. The highest BCUT2D eigenvalue weighted by Crippen LogP contribution is 2.27. The van der Waals surface area contributed by atoms with Crippen LogP contribution in [0.4, 0.5) is 0 Å². The van der Waals surface area contributed by atoms with Gasteiger partial charge < -0.3 is 4.42 Å². The average Bonchev–Trinajstić information content (AvgIpc) is 2.96. The summed E-state index contributed by atoms with van der Waals surface area (Å²) in [6.45, 7) is 0. The van der Waals surface area contributed by atoms with Crippen molar-refractivity contribution in [2.45, 2.75) is 6.42 Å². The summed E-state index contributed by atoms with van der Waals surface area (Å²) in [4.78, 5) is 13.4. The molecule has 0 bridgehead atoms. The number of halogens is 1. The Hall–Kier alpha value is -2.02. The van der Waals surface area contributed by atoms with Crippen LogP contribution < -0.4 is 0 Å². The molecular formula is C12H9BrN4O2. The smallest absolute Gasteiger partial charge is 0.205 e. The third-order valence-corrected chi connectivity index (χ3v) is 3.26. The number of hydrogen-bond donors (Lipinski definition) is 0. The molecule has 2 aromatic heterocycles. The molecule has 0 saturated heterocycles. The van der Waals surface area contributed by atoms with E-state index in [1.165, 1.54) is 4.80 Å². The summed E-state index contributed by atoms with van der Waals surface area (Å²) in [6, 6.07) is 7.37. The van der Waals surface area contributed by atoms with Crippen LogP contribution >= 0.6 is 15.9 Å². The number of nitrogens with zero attached hydrogens (tertiary/aromatic N) is 4. The predicted octanol–water partition coefficient (Wildman–Crippen LogP) is 2.14. The summed E-state index contributed by atoms with van der Waals surface area (Å²) in [5, 5.41) is 12.3. The highest BCUT2D eigenvalue weighted by Gasteiger charge is 2.16. The number of para-hydroxylation sites is 1. The minimum absolute atomic E-state index is 0.0747. The number of carbonyl (C=O) groups is 1. The lowest BCUT2D eigenvalue weighted by atomic mass is 10.2. The van der Waals surface area contributed by atoms with Gasteiger partial charge in [0.2, 0.25) is 5.78 Å². The molecule has 0 spiro atoms. The summed E-state index contributed by atoms with van der Waals surface area (Å²) in [5.41, 5.74) is 0.665. The SMILES string of the molecule is Cn1nnc(CC(=O)c2cc3cccc(Br)c3o2)n1. The van der Waals surface area contributed by atoms with Crippen LogP contribution in [0.2, 0.25) is 0 Å². The molecule has 0 radical (unpaired) electrons. The maximum Gasteiger partial charge on any atom is 0.205 e. The zero-order valence-corrected chi connectivity index (χ0v) is 11.6. The van der Waals surface area contributed by atoms with E-state index in [0.717, 1.165) is 9.86 Å². The molecule has 0 unspecified atom stereocenters. The van der Waals surface area contributed by atoms with Gasteiger partial charge in [-0.15, -0.1) is 10.2 Å². The number of ketones is 1. The topological polar surface area (TPSA) is 73.8 Å². The van der Waals surface area contributed by atoms with Crippen molar-refractivity contribution in [3.05, 3.63) is 40.3 Å². The van der Waals surface area contributed by atoms with Gasteiger partial charge in [0.15, 0.2) is 11.6 Å². The minimum Gasteiger partial charge on any atom is -0.452 e. The Balaban J connectivity index is 1.91. The third-order valence-electron chi connectivity index (χ3n) is 2.64. The predicted molar refractivity (Wildman–Crippen MR) is 70.7 cm³/mol. The number of furan rings is 1. The van der Waals surface area contributed by atoms with Crippen molar-refractivity contribution in [2.75, 3.05) is 0 Å². The van der Waals surface area contributed by atoms with E-state index in [0.29, 0.717) is 17.2 Å². The van der Waals surface area contributed by atoms with Gasteiger partial charge >= 0.3 is 0 Å². The first kappa shape index (κ1) is 12.0. The summed E-state index contributed by atoms with van der Waals surface area (Å²) < 4.78 is 6.38. The normalized spacial score (nSPS) is 11.1. The Bertz CT molecular complexity index is 762. The Morgan fingerprint density at radius 1 is 1.47 bits per heavy atom. The van der Waals surface area contributed by atoms with Crippen LogP contribution in [0, 0.1) is 0 Å². The van der Waals surface area contributed by atoms with E-state index in [-0.39, 0.29) is 12.2 Å². The van der Waals surface area contributed by atoms with E-state index in [1.807, 2.05) is 18.2 Å². The molecule has 0 atom stereocenters. The van der Waals surface area contributed by atoms with Gasteiger partial charge in [0.05, 0.1) is 17.9 Å². The number of Topliss-reactive ketones (excluding diaryl/α,β-unsaturated/α-hetero) is 1. The first-order valence-electron chi connectivity index (χ1n) is 5.57. The fourth-order valence-corrected chi connectivity index (χ4v) is 2.25. The molecule has 0 aliphatic rings. The standard InChI is InChI=1S/C12H9BrN4O2/c1-17-15-11(14-16-17)6-9(18)10-5-7-3-2-4-8(13)12(7)19-10/h2-5H,6H2,1H3. The molecule has 0 N–H and O–H groups in total. The minimum atomic E-state index is -0.170. The molecular weight excluding hydrogens is 312 g/mol. The lowest BCUT2D eigenvalue weighted by molar-refractivity contribution is 0.0966. The highest BCUT2D eigenvalue weighted by atomic mass is 79.9. The quantitative estimate of drug-likeness (QED) is 0.691. The van der Waals surface area contributed by atoms with Gasteiger partial charge in [0, 0.05) is 5.39 Å². The summed E-state index contributed by atoms with van der Waals surface area (Å²) in [7, 11) is 1.65. The Labute approximate surface area is 116 Å². The van der Waals surface area contributed by atoms with E-state index in [2.05, 4.69) is 31.3 Å². The van der Waals surface area contributed by atoms with E-state index < -0.39 is 0 Å². The van der Waals surface area contributed by atoms with Gasteiger partial charge in [-0.3, -0.25) is 4.79 Å². The molecule has 2 heterocycles. The van der Waals surface area contributed by atoms with E-state index in [1.54, 1.807) is 13.1 Å². The lowest BCUT2D eigenvalue weighted by Gasteiger charge is -1.92. The molecule has 0 saturated carbocycles. The summed E-state index contributed by atoms with van der Waals surface area (Å²) in [5.74, 6) is 0.512. The molecule has 0 fully saturated rings. The molecule has 0 amide bonds. The van der Waals surface area contributed by atoms with Gasteiger partial charge in [-0.2, -0.15) is 4.80 Å². The van der Waals surface area contributed by atoms with Crippen LogP contribution in [-0.2, 0) is 13.5 Å². The van der Waals surface area contributed by atoms with Gasteiger partial charge in [-0.05, 0) is 33.3 Å². The zero-order valence-electron chi connectivity index (χ0n) is 10.00. The van der Waals surface area contributed by atoms with Crippen LogP contribution in [0.25, 0.3) is 11.0 Å². The number of rotatable bonds is 3. The summed E-state index contributed by atoms with van der Waals surface area (Å²) >= 11 is 3.39. The average molecular weight is 321 g/mol. The fourth-order valence-electron chi connectivity index (χ4n) is 1.79. The van der Waals surface area contributed by atoms with Gasteiger partial charge in [0.25, 0.3) is 0 Å². The molecule has 96 valence electrons. The van der Waals surface area contributed by atoms with E-state index in [4.69, 9.17) is 4.42 Å². The number of tetrazole rings is 1. The zero-order chi connectivity index (χ0) is 13.4. The third kappa shape index (κ3) is 2.28. The number of carbonyl (C=O) groups excluding carboxylic acids is 1. The summed E-state index contributed by atoms with van der Waals surface area (Å²) in [6.07, 6.45) is 0.0747. The van der Waals surface area contributed by atoms with Crippen molar-refractivity contribution in [3.8, 4) is 0 Å². The van der Waals surface area contributed by atoms with E-state index in [9.17, 15) is 4.79 Å². The molecule has 6 nitrogen and oxygen atoms in total. The first-order chi connectivity index (χ1) is 9.13. The van der Waals surface area contributed by atoms with Crippen molar-refractivity contribution < 1.29 is 9.21 Å². The van der Waals surface area contributed by atoms with Crippen molar-refractivity contribution >= 4 is 32.7 Å². The van der Waals surface area contributed by atoms with Gasteiger partial charge in [0.1, 0.15) is 5.58 Å². The molecule has 3 rings (SSSR count). The van der Waals surface area contributed by atoms with Crippen molar-refractivity contribution in [3.63, 3.8) is 0 Å². The van der Waals surface area contributed by atoms with Crippen LogP contribution in [-0.4, -0.2) is 26.0 Å². The second-order valence-electron chi connectivity index (χ2n) is 4.06. The maximum absolute atomic E-state index is 12.1. The van der Waals surface area contributed by atoms with Crippen LogP contribution in [0.1, 0.15) is 16.4 Å². The largest absolute Gasteiger partial charge is 0.452 e.